The van der Waals surface area contributed by atoms with Crippen LogP contribution in [0, 0.1) is 17.7 Å². The second kappa shape index (κ2) is 4.03. The number of halogens is 2. The van der Waals surface area contributed by atoms with Crippen LogP contribution in [-0.2, 0) is 4.79 Å². The van der Waals surface area contributed by atoms with Crippen molar-refractivity contribution in [3.63, 3.8) is 0 Å². The van der Waals surface area contributed by atoms with Crippen LogP contribution in [0.15, 0.2) is 18.2 Å². The molecule has 1 saturated carbocycles. The summed E-state index contributed by atoms with van der Waals surface area (Å²) in [5, 5.41) is 8.79. The minimum absolute atomic E-state index is 0.0143. The Morgan fingerprint density at radius 3 is 2.81 bits per heavy atom. The summed E-state index contributed by atoms with van der Waals surface area (Å²) in [4.78, 5) is 10.7. The zero-order chi connectivity index (χ0) is 11.9. The molecule has 1 aliphatic carbocycles. The summed E-state index contributed by atoms with van der Waals surface area (Å²) >= 11 is 5.64. The van der Waals surface area contributed by atoms with E-state index in [9.17, 15) is 9.18 Å². The van der Waals surface area contributed by atoms with E-state index >= 15 is 0 Å². The minimum Gasteiger partial charge on any atom is -0.481 e. The van der Waals surface area contributed by atoms with Crippen LogP contribution in [0.4, 0.5) is 4.39 Å². The van der Waals surface area contributed by atoms with E-state index in [2.05, 4.69) is 0 Å². The lowest BCUT2D eigenvalue weighted by Gasteiger charge is -2.11. The third kappa shape index (κ3) is 2.03. The predicted molar refractivity (Wildman–Crippen MR) is 57.6 cm³/mol. The molecule has 3 N–H and O–H groups in total. The molecule has 1 fully saturated rings. The van der Waals surface area contributed by atoms with Gasteiger partial charge in [-0.1, -0.05) is 17.7 Å². The van der Waals surface area contributed by atoms with E-state index in [-0.39, 0.29) is 22.9 Å². The van der Waals surface area contributed by atoms with E-state index in [4.69, 9.17) is 22.4 Å². The lowest BCUT2D eigenvalue weighted by atomic mass is 10.0. The first-order valence-corrected chi connectivity index (χ1v) is 5.32. The Kier molecular flexibility index (Phi) is 2.86. The molecule has 86 valence electrons. The molecular formula is C11H11ClFNO2. The van der Waals surface area contributed by atoms with Crippen LogP contribution in [0.25, 0.3) is 0 Å². The Hall–Kier alpha value is -1.13. The fourth-order valence-corrected chi connectivity index (χ4v) is 2.05. The molecule has 5 heteroatoms. The van der Waals surface area contributed by atoms with Crippen molar-refractivity contribution in [1.29, 1.82) is 0 Å². The third-order valence-electron chi connectivity index (χ3n) is 2.95. The molecule has 0 amide bonds. The second-order valence-corrected chi connectivity index (χ2v) is 4.45. The molecule has 0 aliphatic heterocycles. The van der Waals surface area contributed by atoms with E-state index in [0.717, 1.165) is 0 Å². The summed E-state index contributed by atoms with van der Waals surface area (Å²) < 4.78 is 12.9. The average Bonchev–Trinajstić information content (AvgIpc) is 3.01. The van der Waals surface area contributed by atoms with Crippen LogP contribution in [0.5, 0.6) is 0 Å². The first kappa shape index (κ1) is 11.4. The second-order valence-electron chi connectivity index (χ2n) is 4.04. The number of carbonyl (C=O) groups is 1. The first-order valence-electron chi connectivity index (χ1n) is 4.94. The average molecular weight is 244 g/mol. The van der Waals surface area contributed by atoms with Gasteiger partial charge in [-0.05, 0) is 30.0 Å². The smallest absolute Gasteiger partial charge is 0.306 e. The van der Waals surface area contributed by atoms with E-state index in [1.54, 1.807) is 6.07 Å². The lowest BCUT2D eigenvalue weighted by Crippen LogP contribution is -2.15. The molecular weight excluding hydrogens is 233 g/mol. The van der Waals surface area contributed by atoms with Gasteiger partial charge < -0.3 is 10.8 Å². The van der Waals surface area contributed by atoms with Crippen molar-refractivity contribution in [2.45, 2.75) is 12.5 Å². The molecule has 3 unspecified atom stereocenters. The molecule has 0 aromatic heterocycles. The highest BCUT2D eigenvalue weighted by atomic mass is 35.5. The van der Waals surface area contributed by atoms with Gasteiger partial charge in [0.1, 0.15) is 5.82 Å². The van der Waals surface area contributed by atoms with Gasteiger partial charge in [-0.25, -0.2) is 4.39 Å². The fourth-order valence-electron chi connectivity index (χ4n) is 1.86. The maximum Gasteiger partial charge on any atom is 0.306 e. The SMILES string of the molecule is NC(c1ccc(F)c(Cl)c1)C1CC1C(=O)O. The van der Waals surface area contributed by atoms with Crippen molar-refractivity contribution in [3.8, 4) is 0 Å². The van der Waals surface area contributed by atoms with Crippen molar-refractivity contribution in [2.24, 2.45) is 17.6 Å². The summed E-state index contributed by atoms with van der Waals surface area (Å²) in [5.41, 5.74) is 6.58. The Labute approximate surface area is 97.0 Å². The summed E-state index contributed by atoms with van der Waals surface area (Å²) in [7, 11) is 0. The quantitative estimate of drug-likeness (QED) is 0.856. The first-order chi connectivity index (χ1) is 7.50. The Morgan fingerprint density at radius 2 is 2.31 bits per heavy atom. The molecule has 0 heterocycles. The monoisotopic (exact) mass is 243 g/mol. The van der Waals surface area contributed by atoms with Gasteiger partial charge in [0.15, 0.2) is 0 Å². The van der Waals surface area contributed by atoms with E-state index in [1.807, 2.05) is 0 Å². The molecule has 0 radical (unpaired) electrons. The van der Waals surface area contributed by atoms with Gasteiger partial charge >= 0.3 is 5.97 Å². The third-order valence-corrected chi connectivity index (χ3v) is 3.24. The summed E-state index contributed by atoms with van der Waals surface area (Å²) in [6.07, 6.45) is 0.575. The van der Waals surface area contributed by atoms with Crippen LogP contribution in [-0.4, -0.2) is 11.1 Å². The van der Waals surface area contributed by atoms with Crippen LogP contribution in [0.1, 0.15) is 18.0 Å². The van der Waals surface area contributed by atoms with Crippen molar-refractivity contribution >= 4 is 17.6 Å². The molecule has 0 spiro atoms. The molecule has 1 aromatic rings. The lowest BCUT2D eigenvalue weighted by molar-refractivity contribution is -0.138. The Bertz CT molecular complexity index is 438. The zero-order valence-corrected chi connectivity index (χ0v) is 9.12. The van der Waals surface area contributed by atoms with E-state index < -0.39 is 11.8 Å². The van der Waals surface area contributed by atoms with Crippen molar-refractivity contribution in [3.05, 3.63) is 34.6 Å². The molecule has 1 aliphatic rings. The van der Waals surface area contributed by atoms with Gasteiger partial charge in [-0.15, -0.1) is 0 Å². The Balaban J connectivity index is 2.13. The van der Waals surface area contributed by atoms with Crippen LogP contribution in [0.3, 0.4) is 0 Å². The number of carboxylic acids is 1. The number of rotatable bonds is 3. The zero-order valence-electron chi connectivity index (χ0n) is 8.36. The van der Waals surface area contributed by atoms with Gasteiger partial charge in [-0.2, -0.15) is 0 Å². The Morgan fingerprint density at radius 1 is 1.62 bits per heavy atom. The van der Waals surface area contributed by atoms with Crippen LogP contribution in [0.2, 0.25) is 5.02 Å². The maximum absolute atomic E-state index is 12.9. The van der Waals surface area contributed by atoms with Gasteiger partial charge in [0.05, 0.1) is 10.9 Å². The van der Waals surface area contributed by atoms with Crippen LogP contribution < -0.4 is 5.73 Å². The summed E-state index contributed by atoms with van der Waals surface area (Å²) in [6, 6.07) is 3.86. The van der Waals surface area contributed by atoms with Gasteiger partial charge in [-0.3, -0.25) is 4.79 Å². The highest BCUT2D eigenvalue weighted by Crippen LogP contribution is 2.46. The number of benzene rings is 1. The normalized spacial score (nSPS) is 25.2. The number of nitrogens with two attached hydrogens (primary N) is 1. The largest absolute Gasteiger partial charge is 0.481 e. The molecule has 3 atom stereocenters. The van der Waals surface area contributed by atoms with Gasteiger partial charge in [0.2, 0.25) is 0 Å². The molecule has 0 saturated heterocycles. The van der Waals surface area contributed by atoms with E-state index in [0.29, 0.717) is 12.0 Å². The fraction of sp³-hybridized carbons (Fsp3) is 0.364. The van der Waals surface area contributed by atoms with Gasteiger partial charge in [0.25, 0.3) is 0 Å². The number of hydrogen-bond acceptors (Lipinski definition) is 2. The summed E-state index contributed by atoms with van der Waals surface area (Å²) in [6.45, 7) is 0. The molecule has 2 rings (SSSR count). The standard InChI is InChI=1S/C11H11ClFNO2/c12-8-3-5(1-2-9(8)13)10(14)6-4-7(6)11(15)16/h1-3,6-7,10H,4,14H2,(H,15,16). The van der Waals surface area contributed by atoms with Crippen molar-refractivity contribution < 1.29 is 14.3 Å². The maximum atomic E-state index is 12.9. The molecule has 1 aromatic carbocycles. The predicted octanol–water partition coefficient (Wildman–Crippen LogP) is 2.20. The van der Waals surface area contributed by atoms with E-state index in [1.165, 1.54) is 12.1 Å². The summed E-state index contributed by atoms with van der Waals surface area (Å²) in [5.74, 6) is -1.77. The number of hydrogen-bond donors (Lipinski definition) is 2. The van der Waals surface area contributed by atoms with Crippen molar-refractivity contribution in [2.75, 3.05) is 0 Å². The van der Waals surface area contributed by atoms with Gasteiger partial charge in [0, 0.05) is 6.04 Å². The molecule has 0 bridgehead atoms. The van der Waals surface area contributed by atoms with Crippen LogP contribution >= 0.6 is 11.6 Å². The topological polar surface area (TPSA) is 63.3 Å². The highest BCUT2D eigenvalue weighted by Gasteiger charge is 2.47. The number of carboxylic acid groups (broad SMARTS) is 1. The highest BCUT2D eigenvalue weighted by molar-refractivity contribution is 6.30. The minimum atomic E-state index is -0.825. The molecule has 16 heavy (non-hydrogen) atoms. The molecule has 3 nitrogen and oxygen atoms in total. The number of aliphatic carboxylic acids is 1. The van der Waals surface area contributed by atoms with Crippen molar-refractivity contribution in [1.82, 2.24) is 0 Å².